The topological polar surface area (TPSA) is 41.6 Å². The Balaban J connectivity index is 2.23. The van der Waals surface area contributed by atoms with Crippen molar-refractivity contribution in [2.24, 2.45) is 5.92 Å². The number of rotatable bonds is 4. The fourth-order valence-electron chi connectivity index (χ4n) is 1.94. The van der Waals surface area contributed by atoms with Crippen molar-refractivity contribution < 1.29 is 9.53 Å². The summed E-state index contributed by atoms with van der Waals surface area (Å²) in [4.78, 5) is 13.4. The van der Waals surface area contributed by atoms with Gasteiger partial charge in [0.1, 0.15) is 0 Å². The van der Waals surface area contributed by atoms with Gasteiger partial charge in [-0.05, 0) is 45.7 Å². The van der Waals surface area contributed by atoms with Gasteiger partial charge in [0.2, 0.25) is 0 Å². The second-order valence-electron chi connectivity index (χ2n) is 4.67. The van der Waals surface area contributed by atoms with Crippen molar-refractivity contribution in [2.75, 3.05) is 26.2 Å². The monoisotopic (exact) mass is 228 g/mol. The van der Waals surface area contributed by atoms with E-state index < -0.39 is 0 Å². The summed E-state index contributed by atoms with van der Waals surface area (Å²) >= 11 is 0. The van der Waals surface area contributed by atoms with E-state index in [0.29, 0.717) is 5.92 Å². The lowest BCUT2D eigenvalue weighted by molar-refractivity contribution is 0.0654. The molecular formula is C12H24N2O2. The molecule has 0 saturated carbocycles. The highest BCUT2D eigenvalue weighted by atomic mass is 16.6. The minimum atomic E-state index is -0.156. The van der Waals surface area contributed by atoms with Gasteiger partial charge in [-0.1, -0.05) is 6.92 Å². The van der Waals surface area contributed by atoms with Gasteiger partial charge in [0, 0.05) is 13.1 Å². The van der Waals surface area contributed by atoms with Crippen molar-refractivity contribution in [2.45, 2.75) is 39.7 Å². The van der Waals surface area contributed by atoms with Gasteiger partial charge < -0.3 is 15.0 Å². The van der Waals surface area contributed by atoms with Crippen LogP contribution in [0.1, 0.15) is 33.6 Å². The van der Waals surface area contributed by atoms with Crippen LogP contribution in [0.4, 0.5) is 4.79 Å². The van der Waals surface area contributed by atoms with Gasteiger partial charge in [0.15, 0.2) is 0 Å². The number of hydrogen-bond acceptors (Lipinski definition) is 3. The summed E-state index contributed by atoms with van der Waals surface area (Å²) in [6, 6.07) is 0. The molecule has 0 aromatic carbocycles. The molecule has 0 bridgehead atoms. The Labute approximate surface area is 98.3 Å². The lowest BCUT2D eigenvalue weighted by Gasteiger charge is -2.31. The van der Waals surface area contributed by atoms with Crippen LogP contribution in [-0.2, 0) is 4.74 Å². The highest BCUT2D eigenvalue weighted by Crippen LogP contribution is 2.17. The minimum absolute atomic E-state index is 0.0213. The van der Waals surface area contributed by atoms with E-state index in [1.54, 1.807) is 0 Å². The second-order valence-corrected chi connectivity index (χ2v) is 4.67. The molecule has 1 rings (SSSR count). The van der Waals surface area contributed by atoms with E-state index in [1.165, 1.54) is 0 Å². The van der Waals surface area contributed by atoms with E-state index >= 15 is 0 Å². The van der Waals surface area contributed by atoms with Crippen molar-refractivity contribution in [1.29, 1.82) is 0 Å². The molecule has 4 nitrogen and oxygen atoms in total. The number of piperidine rings is 1. The first-order valence-electron chi connectivity index (χ1n) is 6.29. The van der Waals surface area contributed by atoms with Crippen LogP contribution in [0.15, 0.2) is 0 Å². The maximum Gasteiger partial charge on any atom is 0.410 e. The third kappa shape index (κ3) is 4.39. The number of carbonyl (C=O) groups is 1. The van der Waals surface area contributed by atoms with Gasteiger partial charge in [-0.2, -0.15) is 0 Å². The van der Waals surface area contributed by atoms with E-state index in [0.717, 1.165) is 39.0 Å². The highest BCUT2D eigenvalue weighted by Gasteiger charge is 2.23. The van der Waals surface area contributed by atoms with Gasteiger partial charge in [-0.15, -0.1) is 0 Å². The molecule has 1 fully saturated rings. The van der Waals surface area contributed by atoms with E-state index in [4.69, 9.17) is 4.74 Å². The number of amides is 1. The number of nitrogens with one attached hydrogen (secondary N) is 1. The van der Waals surface area contributed by atoms with E-state index in [1.807, 2.05) is 18.7 Å². The Hall–Kier alpha value is -0.770. The molecule has 0 atom stereocenters. The average Bonchev–Trinajstić information content (AvgIpc) is 2.26. The van der Waals surface area contributed by atoms with Crippen molar-refractivity contribution in [3.05, 3.63) is 0 Å². The first-order chi connectivity index (χ1) is 7.63. The highest BCUT2D eigenvalue weighted by molar-refractivity contribution is 5.67. The molecule has 94 valence electrons. The Morgan fingerprint density at radius 2 is 2.06 bits per heavy atom. The average molecular weight is 228 g/mol. The van der Waals surface area contributed by atoms with Gasteiger partial charge in [0.25, 0.3) is 0 Å². The third-order valence-electron chi connectivity index (χ3n) is 2.89. The van der Waals surface area contributed by atoms with Crippen LogP contribution < -0.4 is 5.32 Å². The normalized spacial score (nSPS) is 17.9. The summed E-state index contributed by atoms with van der Waals surface area (Å²) in [7, 11) is 0. The first kappa shape index (κ1) is 13.3. The van der Waals surface area contributed by atoms with Crippen molar-refractivity contribution in [1.82, 2.24) is 10.2 Å². The molecule has 4 heteroatoms. The molecule has 1 heterocycles. The zero-order chi connectivity index (χ0) is 12.0. The molecule has 0 spiro atoms. The zero-order valence-corrected chi connectivity index (χ0v) is 10.7. The molecule has 0 unspecified atom stereocenters. The Bertz CT molecular complexity index is 211. The zero-order valence-electron chi connectivity index (χ0n) is 10.7. The van der Waals surface area contributed by atoms with Crippen molar-refractivity contribution in [3.8, 4) is 0 Å². The molecule has 1 aliphatic rings. The van der Waals surface area contributed by atoms with E-state index in [-0.39, 0.29) is 12.2 Å². The maximum absolute atomic E-state index is 11.6. The van der Waals surface area contributed by atoms with E-state index in [2.05, 4.69) is 12.2 Å². The number of likely N-dealkylation sites (tertiary alicyclic amines) is 1. The summed E-state index contributed by atoms with van der Waals surface area (Å²) in [5.74, 6) is 0.711. The van der Waals surface area contributed by atoms with Crippen LogP contribution in [0, 0.1) is 5.92 Å². The van der Waals surface area contributed by atoms with Crippen LogP contribution in [-0.4, -0.2) is 43.3 Å². The summed E-state index contributed by atoms with van der Waals surface area (Å²) < 4.78 is 5.18. The van der Waals surface area contributed by atoms with Crippen molar-refractivity contribution >= 4 is 6.09 Å². The largest absolute Gasteiger partial charge is 0.447 e. The molecule has 1 N–H and O–H groups in total. The van der Waals surface area contributed by atoms with Crippen LogP contribution in [0.5, 0.6) is 0 Å². The quantitative estimate of drug-likeness (QED) is 0.798. The summed E-state index contributed by atoms with van der Waals surface area (Å²) in [5.41, 5.74) is 0. The molecule has 0 aromatic heterocycles. The standard InChI is InChI=1S/C12H24N2O2/c1-4-13-9-11-5-7-14(8-6-11)12(15)16-10(2)3/h10-11,13H,4-9H2,1-3H3. The van der Waals surface area contributed by atoms with Gasteiger partial charge in [-0.3, -0.25) is 0 Å². The smallest absolute Gasteiger partial charge is 0.410 e. The number of carbonyl (C=O) groups excluding carboxylic acids is 1. The van der Waals surface area contributed by atoms with Gasteiger partial charge in [0.05, 0.1) is 6.10 Å². The summed E-state index contributed by atoms with van der Waals surface area (Å²) in [6.07, 6.45) is 1.99. The van der Waals surface area contributed by atoms with Crippen LogP contribution in [0.3, 0.4) is 0 Å². The van der Waals surface area contributed by atoms with Crippen LogP contribution in [0.25, 0.3) is 0 Å². The fourth-order valence-corrected chi connectivity index (χ4v) is 1.94. The molecule has 1 saturated heterocycles. The maximum atomic E-state index is 11.6. The molecule has 0 radical (unpaired) electrons. The fraction of sp³-hybridized carbons (Fsp3) is 0.917. The number of nitrogens with zero attached hydrogens (tertiary/aromatic N) is 1. The molecule has 0 aliphatic carbocycles. The Morgan fingerprint density at radius 1 is 1.44 bits per heavy atom. The summed E-state index contributed by atoms with van der Waals surface area (Å²) in [5, 5.41) is 3.36. The van der Waals surface area contributed by atoms with Crippen LogP contribution in [0.2, 0.25) is 0 Å². The third-order valence-corrected chi connectivity index (χ3v) is 2.89. The lowest BCUT2D eigenvalue weighted by atomic mass is 9.97. The van der Waals surface area contributed by atoms with E-state index in [9.17, 15) is 4.79 Å². The molecule has 16 heavy (non-hydrogen) atoms. The summed E-state index contributed by atoms with van der Waals surface area (Å²) in [6.45, 7) is 9.66. The predicted molar refractivity (Wildman–Crippen MR) is 64.5 cm³/mol. The molecule has 1 amide bonds. The SMILES string of the molecule is CCNCC1CCN(C(=O)OC(C)C)CC1. The minimum Gasteiger partial charge on any atom is -0.447 e. The first-order valence-corrected chi connectivity index (χ1v) is 6.29. The number of ether oxygens (including phenoxy) is 1. The Morgan fingerprint density at radius 3 is 2.56 bits per heavy atom. The molecule has 0 aromatic rings. The predicted octanol–water partition coefficient (Wildman–Crippen LogP) is 1.85. The van der Waals surface area contributed by atoms with Gasteiger partial charge in [-0.25, -0.2) is 4.79 Å². The second kappa shape index (κ2) is 6.74. The lowest BCUT2D eigenvalue weighted by Crippen LogP contribution is -2.41. The molecule has 1 aliphatic heterocycles. The van der Waals surface area contributed by atoms with Crippen LogP contribution >= 0.6 is 0 Å². The van der Waals surface area contributed by atoms with Gasteiger partial charge >= 0.3 is 6.09 Å². The Kier molecular flexibility index (Phi) is 5.60. The number of hydrogen-bond donors (Lipinski definition) is 1. The van der Waals surface area contributed by atoms with Crippen molar-refractivity contribution in [3.63, 3.8) is 0 Å². The molecular weight excluding hydrogens is 204 g/mol.